The van der Waals surface area contributed by atoms with Crippen molar-refractivity contribution in [1.29, 1.82) is 0 Å². The number of carbonyl (C=O) groups is 1. The molecule has 3 N–H and O–H groups in total. The third-order valence-corrected chi connectivity index (χ3v) is 3.01. The maximum absolute atomic E-state index is 12.2. The van der Waals surface area contributed by atoms with Gasteiger partial charge in [0.15, 0.2) is 0 Å². The number of H-pyrrole nitrogens is 2. The van der Waals surface area contributed by atoms with Crippen LogP contribution in [-0.2, 0) is 0 Å². The van der Waals surface area contributed by atoms with E-state index in [0.717, 1.165) is 5.56 Å². The van der Waals surface area contributed by atoms with Crippen LogP contribution in [0.15, 0.2) is 23.0 Å². The Hall–Kier alpha value is -3.03. The van der Waals surface area contributed by atoms with E-state index < -0.39 is 11.3 Å². The monoisotopic (exact) mass is 271 g/mol. The van der Waals surface area contributed by atoms with Crippen LogP contribution in [0.1, 0.15) is 21.7 Å². The highest BCUT2D eigenvalue weighted by Gasteiger charge is 2.23. The minimum Gasteiger partial charge on any atom is -0.506 e. The highest BCUT2D eigenvalue weighted by molar-refractivity contribution is 6.11. The fourth-order valence-electron chi connectivity index (χ4n) is 2.09. The molecule has 0 fully saturated rings. The zero-order valence-electron chi connectivity index (χ0n) is 10.3. The molecule has 0 radical (unpaired) electrons. The Bertz CT molecular complexity index is 867. The Kier molecular flexibility index (Phi) is 2.56. The molecule has 0 saturated heterocycles. The number of pyridine rings is 1. The van der Waals surface area contributed by atoms with Gasteiger partial charge in [0.25, 0.3) is 5.56 Å². The average Bonchev–Trinajstić information content (AvgIpc) is 2.91. The highest BCUT2D eigenvalue weighted by Crippen LogP contribution is 2.28. The molecule has 0 aliphatic rings. The molecule has 0 amide bonds. The van der Waals surface area contributed by atoms with E-state index in [2.05, 4.69) is 25.6 Å². The number of aromatic hydroxyl groups is 1. The molecule has 3 aromatic rings. The van der Waals surface area contributed by atoms with Crippen molar-refractivity contribution >= 4 is 16.7 Å². The second kappa shape index (κ2) is 4.26. The van der Waals surface area contributed by atoms with E-state index in [-0.39, 0.29) is 17.1 Å². The zero-order valence-corrected chi connectivity index (χ0v) is 10.3. The molecule has 0 atom stereocenters. The molecule has 0 saturated carbocycles. The molecule has 0 aliphatic carbocycles. The van der Waals surface area contributed by atoms with Crippen LogP contribution in [-0.4, -0.2) is 36.5 Å². The van der Waals surface area contributed by atoms with Crippen LogP contribution < -0.4 is 5.56 Å². The van der Waals surface area contributed by atoms with E-state index in [4.69, 9.17) is 0 Å². The molecule has 2 heterocycles. The molecule has 1 aromatic carbocycles. The summed E-state index contributed by atoms with van der Waals surface area (Å²) in [6, 6.07) is 5.16. The number of tetrazole rings is 1. The molecule has 0 bridgehead atoms. The zero-order chi connectivity index (χ0) is 14.3. The van der Waals surface area contributed by atoms with Gasteiger partial charge in [0.1, 0.15) is 11.3 Å². The van der Waals surface area contributed by atoms with Crippen molar-refractivity contribution in [3.8, 4) is 5.75 Å². The summed E-state index contributed by atoms with van der Waals surface area (Å²) in [5.41, 5.74) is 0.119. The number of hydrogen-bond acceptors (Lipinski definition) is 6. The number of hydrogen-bond donors (Lipinski definition) is 3. The van der Waals surface area contributed by atoms with Crippen LogP contribution in [0.3, 0.4) is 0 Å². The first kappa shape index (κ1) is 12.0. The van der Waals surface area contributed by atoms with Crippen molar-refractivity contribution in [2.45, 2.75) is 6.92 Å². The van der Waals surface area contributed by atoms with Crippen LogP contribution in [0.2, 0.25) is 0 Å². The van der Waals surface area contributed by atoms with Gasteiger partial charge in [-0.2, -0.15) is 0 Å². The maximum Gasteiger partial charge on any atom is 0.263 e. The number of benzene rings is 1. The Balaban J connectivity index is 2.34. The van der Waals surface area contributed by atoms with E-state index in [1.807, 2.05) is 0 Å². The summed E-state index contributed by atoms with van der Waals surface area (Å²) in [6.45, 7) is 1.77. The second-order valence-corrected chi connectivity index (χ2v) is 4.25. The number of rotatable bonds is 2. The summed E-state index contributed by atoms with van der Waals surface area (Å²) in [4.78, 5) is 26.7. The quantitative estimate of drug-likeness (QED) is 0.575. The number of aromatic nitrogens is 5. The van der Waals surface area contributed by atoms with Crippen molar-refractivity contribution < 1.29 is 9.90 Å². The molecule has 100 valence electrons. The van der Waals surface area contributed by atoms with Gasteiger partial charge in [-0.25, -0.2) is 5.10 Å². The van der Waals surface area contributed by atoms with Crippen LogP contribution in [0, 0.1) is 6.92 Å². The molecule has 3 rings (SSSR count). The lowest BCUT2D eigenvalue weighted by atomic mass is 10.0. The van der Waals surface area contributed by atoms with Gasteiger partial charge < -0.3 is 10.1 Å². The van der Waals surface area contributed by atoms with E-state index in [1.54, 1.807) is 25.1 Å². The first-order valence-corrected chi connectivity index (χ1v) is 5.72. The minimum absolute atomic E-state index is 0.210. The lowest BCUT2D eigenvalue weighted by molar-refractivity contribution is 0.102. The maximum atomic E-state index is 12.2. The fraction of sp³-hybridized carbons (Fsp3) is 0.0833. The van der Waals surface area contributed by atoms with Gasteiger partial charge in [-0.05, 0) is 29.0 Å². The van der Waals surface area contributed by atoms with E-state index in [1.165, 1.54) is 0 Å². The summed E-state index contributed by atoms with van der Waals surface area (Å²) >= 11 is 0. The van der Waals surface area contributed by atoms with Gasteiger partial charge in [-0.15, -0.1) is 5.10 Å². The largest absolute Gasteiger partial charge is 0.506 e. The third-order valence-electron chi connectivity index (χ3n) is 3.01. The lowest BCUT2D eigenvalue weighted by Crippen LogP contribution is -2.20. The Morgan fingerprint density at radius 1 is 1.35 bits per heavy atom. The number of fused-ring (bicyclic) bond motifs is 1. The van der Waals surface area contributed by atoms with Crippen molar-refractivity contribution in [2.75, 3.05) is 0 Å². The summed E-state index contributed by atoms with van der Waals surface area (Å²) in [7, 11) is 0. The van der Waals surface area contributed by atoms with Gasteiger partial charge in [-0.3, -0.25) is 9.59 Å². The third kappa shape index (κ3) is 1.66. The summed E-state index contributed by atoms with van der Waals surface area (Å²) in [5.74, 6) is -1.35. The number of carbonyl (C=O) groups excluding carboxylic acids is 1. The summed E-state index contributed by atoms with van der Waals surface area (Å²) < 4.78 is 0. The molecular weight excluding hydrogens is 262 g/mol. The second-order valence-electron chi connectivity index (χ2n) is 4.25. The van der Waals surface area contributed by atoms with Gasteiger partial charge in [0.05, 0.1) is 5.52 Å². The SMILES string of the molecule is Cc1cccc2[nH]c(=O)c(C(=O)c3nnn[nH]3)c(O)c12. The number of nitrogens with one attached hydrogen (secondary N) is 2. The Morgan fingerprint density at radius 2 is 2.15 bits per heavy atom. The molecule has 0 unspecified atom stereocenters. The number of aromatic amines is 2. The molecule has 0 aliphatic heterocycles. The van der Waals surface area contributed by atoms with E-state index >= 15 is 0 Å². The number of aryl methyl sites for hydroxylation is 1. The van der Waals surface area contributed by atoms with Gasteiger partial charge in [0, 0.05) is 5.39 Å². The van der Waals surface area contributed by atoms with Gasteiger partial charge >= 0.3 is 0 Å². The molecule has 8 nitrogen and oxygen atoms in total. The van der Waals surface area contributed by atoms with Crippen LogP contribution in [0.25, 0.3) is 10.9 Å². The van der Waals surface area contributed by atoms with Crippen molar-refractivity contribution in [3.63, 3.8) is 0 Å². The van der Waals surface area contributed by atoms with E-state index in [9.17, 15) is 14.7 Å². The predicted molar refractivity (Wildman–Crippen MR) is 68.6 cm³/mol. The molecule has 20 heavy (non-hydrogen) atoms. The molecular formula is C12H9N5O3. The first-order chi connectivity index (χ1) is 9.59. The Labute approximate surface area is 111 Å². The number of ketones is 1. The molecule has 2 aromatic heterocycles. The van der Waals surface area contributed by atoms with Crippen molar-refractivity contribution in [1.82, 2.24) is 25.6 Å². The van der Waals surface area contributed by atoms with Crippen LogP contribution in [0.5, 0.6) is 5.75 Å². The minimum atomic E-state index is -0.765. The lowest BCUT2D eigenvalue weighted by Gasteiger charge is -2.07. The normalized spacial score (nSPS) is 10.8. The summed E-state index contributed by atoms with van der Waals surface area (Å²) in [5, 5.41) is 22.9. The number of nitrogens with zero attached hydrogens (tertiary/aromatic N) is 3. The highest BCUT2D eigenvalue weighted by atomic mass is 16.3. The van der Waals surface area contributed by atoms with Crippen molar-refractivity contribution in [2.24, 2.45) is 0 Å². The first-order valence-electron chi connectivity index (χ1n) is 5.72. The van der Waals surface area contributed by atoms with E-state index in [0.29, 0.717) is 10.9 Å². The average molecular weight is 271 g/mol. The fourth-order valence-corrected chi connectivity index (χ4v) is 2.09. The standard InChI is InChI=1S/C12H9N5O3/c1-5-3-2-4-6-7(5)9(18)8(12(20)13-6)10(19)11-14-16-17-15-11/h2-4H,1H3,(H2,13,18,20)(H,14,15,16,17). The van der Waals surface area contributed by atoms with Crippen LogP contribution >= 0.6 is 0 Å². The molecule has 0 spiro atoms. The summed E-state index contributed by atoms with van der Waals surface area (Å²) in [6.07, 6.45) is 0. The van der Waals surface area contributed by atoms with Crippen LogP contribution in [0.4, 0.5) is 0 Å². The van der Waals surface area contributed by atoms with Crippen molar-refractivity contribution in [3.05, 3.63) is 45.5 Å². The predicted octanol–water partition coefficient (Wildman–Crippen LogP) is 0.286. The molecule has 8 heteroatoms. The smallest absolute Gasteiger partial charge is 0.263 e. The topological polar surface area (TPSA) is 125 Å². The van der Waals surface area contributed by atoms with Gasteiger partial charge in [0.2, 0.25) is 11.6 Å². The Morgan fingerprint density at radius 3 is 2.85 bits per heavy atom. The van der Waals surface area contributed by atoms with Gasteiger partial charge in [-0.1, -0.05) is 12.1 Å².